The summed E-state index contributed by atoms with van der Waals surface area (Å²) in [5, 5.41) is 0. The smallest absolute Gasteiger partial charge is 0.178 e. The molecule has 0 aliphatic heterocycles. The maximum absolute atomic E-state index is 13.6. The topological polar surface area (TPSA) is 20.7 Å². The average Bonchev–Trinajstić information content (AvgIpc) is 3.09. The fourth-order valence-corrected chi connectivity index (χ4v) is 2.74. The second kappa shape index (κ2) is 4.16. The number of aromatic nitrogens is 2. The van der Waals surface area contributed by atoms with E-state index >= 15 is 0 Å². The number of imidazole rings is 1. The number of benzene rings is 1. The minimum absolute atomic E-state index is 0.296. The van der Waals surface area contributed by atoms with Gasteiger partial charge in [-0.3, -0.25) is 0 Å². The normalized spacial score (nSPS) is 17.3. The van der Waals surface area contributed by atoms with Crippen molar-refractivity contribution >= 4 is 23.3 Å². The highest BCUT2D eigenvalue weighted by Gasteiger charge is 2.28. The van der Waals surface area contributed by atoms with Gasteiger partial charge in [0, 0.05) is 12.6 Å². The third-order valence-corrected chi connectivity index (χ3v) is 4.02. The molecule has 1 aliphatic carbocycles. The van der Waals surface area contributed by atoms with Gasteiger partial charge in [-0.15, -0.1) is 0 Å². The van der Waals surface area contributed by atoms with Crippen molar-refractivity contribution in [1.29, 1.82) is 0 Å². The summed E-state index contributed by atoms with van der Waals surface area (Å²) >= 11 is 5.20. The number of hydrogen-bond acceptors (Lipinski definition) is 1. The van der Waals surface area contributed by atoms with E-state index in [4.69, 9.17) is 12.2 Å². The molecule has 1 heterocycles. The predicted molar refractivity (Wildman–Crippen MR) is 68.9 cm³/mol. The number of nitrogens with zero attached hydrogens (tertiary/aromatic N) is 1. The van der Waals surface area contributed by atoms with E-state index in [0.717, 1.165) is 12.0 Å². The SMILES string of the molecule is CC(Cn1c(=S)[nH]c2c(F)cc(F)cc21)C1CC1. The Kier molecular flexibility index (Phi) is 2.73. The van der Waals surface area contributed by atoms with E-state index in [9.17, 15) is 8.78 Å². The molecule has 0 amide bonds. The second-order valence-electron chi connectivity index (χ2n) is 5.14. The lowest BCUT2D eigenvalue weighted by atomic mass is 10.1. The van der Waals surface area contributed by atoms with Crippen molar-refractivity contribution in [3.8, 4) is 0 Å². The highest BCUT2D eigenvalue weighted by Crippen LogP contribution is 2.37. The molecule has 1 aromatic carbocycles. The zero-order valence-corrected chi connectivity index (χ0v) is 10.9. The first-order valence-electron chi connectivity index (χ1n) is 6.14. The van der Waals surface area contributed by atoms with Gasteiger partial charge in [0.25, 0.3) is 0 Å². The molecule has 1 atom stereocenters. The molecule has 2 nitrogen and oxygen atoms in total. The van der Waals surface area contributed by atoms with Gasteiger partial charge in [0.2, 0.25) is 0 Å². The van der Waals surface area contributed by atoms with Gasteiger partial charge in [-0.2, -0.15) is 0 Å². The number of halogens is 2. The summed E-state index contributed by atoms with van der Waals surface area (Å²) in [5.74, 6) is 0.0630. The summed E-state index contributed by atoms with van der Waals surface area (Å²) in [5.41, 5.74) is 0.814. The number of aromatic amines is 1. The molecule has 1 aliphatic rings. The van der Waals surface area contributed by atoms with Crippen LogP contribution >= 0.6 is 12.2 Å². The Morgan fingerprint density at radius 1 is 1.44 bits per heavy atom. The van der Waals surface area contributed by atoms with Gasteiger partial charge in [0.15, 0.2) is 10.6 Å². The molecule has 0 radical (unpaired) electrons. The molecule has 0 saturated heterocycles. The first kappa shape index (κ1) is 11.8. The van der Waals surface area contributed by atoms with Crippen molar-refractivity contribution in [2.75, 3.05) is 0 Å². The van der Waals surface area contributed by atoms with Crippen LogP contribution in [0.3, 0.4) is 0 Å². The molecule has 1 saturated carbocycles. The van der Waals surface area contributed by atoms with Gasteiger partial charge in [-0.05, 0) is 43.0 Å². The summed E-state index contributed by atoms with van der Waals surface area (Å²) in [6.07, 6.45) is 2.50. The lowest BCUT2D eigenvalue weighted by Crippen LogP contribution is -2.09. The van der Waals surface area contributed by atoms with Gasteiger partial charge in [-0.1, -0.05) is 6.92 Å². The van der Waals surface area contributed by atoms with Crippen molar-refractivity contribution in [1.82, 2.24) is 9.55 Å². The van der Waals surface area contributed by atoms with Crippen LogP contribution in [0.5, 0.6) is 0 Å². The lowest BCUT2D eigenvalue weighted by Gasteiger charge is -2.11. The zero-order valence-electron chi connectivity index (χ0n) is 10.0. The molecule has 1 aromatic heterocycles. The predicted octanol–water partition coefficient (Wildman–Crippen LogP) is 4.02. The maximum atomic E-state index is 13.6. The summed E-state index contributed by atoms with van der Waals surface area (Å²) in [7, 11) is 0. The highest BCUT2D eigenvalue weighted by atomic mass is 32.1. The fraction of sp³-hybridized carbons (Fsp3) is 0.462. The van der Waals surface area contributed by atoms with Crippen molar-refractivity contribution in [2.24, 2.45) is 11.8 Å². The van der Waals surface area contributed by atoms with Gasteiger partial charge in [0.05, 0.1) is 5.52 Å². The monoisotopic (exact) mass is 268 g/mol. The van der Waals surface area contributed by atoms with Crippen LogP contribution in [0.15, 0.2) is 12.1 Å². The molecule has 1 unspecified atom stereocenters. The molecule has 5 heteroatoms. The van der Waals surface area contributed by atoms with Gasteiger partial charge >= 0.3 is 0 Å². The standard InChI is InChI=1S/C13H14F2N2S/c1-7(8-2-3-8)6-17-11-5-9(14)4-10(15)12(11)16-13(17)18/h4-5,7-8H,2-3,6H2,1H3,(H,16,18). The van der Waals surface area contributed by atoms with E-state index in [2.05, 4.69) is 11.9 Å². The Balaban J connectivity index is 2.09. The van der Waals surface area contributed by atoms with E-state index < -0.39 is 11.6 Å². The molecular weight excluding hydrogens is 254 g/mol. The molecule has 3 rings (SSSR count). The van der Waals surface area contributed by atoms with E-state index in [0.29, 0.717) is 28.3 Å². The van der Waals surface area contributed by atoms with Gasteiger partial charge in [-0.25, -0.2) is 8.78 Å². The van der Waals surface area contributed by atoms with E-state index in [1.54, 1.807) is 4.57 Å². The molecule has 96 valence electrons. The van der Waals surface area contributed by atoms with E-state index in [-0.39, 0.29) is 0 Å². The van der Waals surface area contributed by atoms with E-state index in [1.165, 1.54) is 18.9 Å². The minimum atomic E-state index is -0.589. The first-order valence-corrected chi connectivity index (χ1v) is 6.54. The van der Waals surface area contributed by atoms with Crippen LogP contribution in [-0.4, -0.2) is 9.55 Å². The molecule has 1 N–H and O–H groups in total. The third kappa shape index (κ3) is 1.96. The van der Waals surface area contributed by atoms with Crippen LogP contribution in [0.4, 0.5) is 8.78 Å². The molecule has 0 spiro atoms. The molecule has 18 heavy (non-hydrogen) atoms. The van der Waals surface area contributed by atoms with Crippen LogP contribution in [0.1, 0.15) is 19.8 Å². The van der Waals surface area contributed by atoms with Crippen molar-refractivity contribution < 1.29 is 8.78 Å². The lowest BCUT2D eigenvalue weighted by molar-refractivity contribution is 0.433. The zero-order chi connectivity index (χ0) is 12.9. The number of rotatable bonds is 3. The summed E-state index contributed by atoms with van der Waals surface area (Å²) < 4.78 is 29.2. The Morgan fingerprint density at radius 3 is 2.83 bits per heavy atom. The number of fused-ring (bicyclic) bond motifs is 1. The van der Waals surface area contributed by atoms with Gasteiger partial charge < -0.3 is 9.55 Å². The van der Waals surface area contributed by atoms with Crippen molar-refractivity contribution in [3.63, 3.8) is 0 Å². The summed E-state index contributed by atoms with van der Waals surface area (Å²) in [6.45, 7) is 2.88. The van der Waals surface area contributed by atoms with Crippen LogP contribution in [0, 0.1) is 28.2 Å². The highest BCUT2D eigenvalue weighted by molar-refractivity contribution is 7.71. The van der Waals surface area contributed by atoms with Crippen LogP contribution in [-0.2, 0) is 6.54 Å². The molecule has 1 fully saturated rings. The number of H-pyrrole nitrogens is 1. The number of hydrogen-bond donors (Lipinski definition) is 1. The third-order valence-electron chi connectivity index (χ3n) is 3.70. The van der Waals surface area contributed by atoms with Crippen molar-refractivity contribution in [3.05, 3.63) is 28.5 Å². The Morgan fingerprint density at radius 2 is 2.17 bits per heavy atom. The summed E-state index contributed by atoms with van der Waals surface area (Å²) in [4.78, 5) is 2.82. The van der Waals surface area contributed by atoms with Crippen molar-refractivity contribution in [2.45, 2.75) is 26.3 Å². The minimum Gasteiger partial charge on any atom is -0.328 e. The van der Waals surface area contributed by atoms with Crippen LogP contribution in [0.2, 0.25) is 0 Å². The largest absolute Gasteiger partial charge is 0.328 e. The average molecular weight is 268 g/mol. The number of nitrogens with one attached hydrogen (secondary N) is 1. The first-order chi connectivity index (χ1) is 8.56. The van der Waals surface area contributed by atoms with Crippen LogP contribution < -0.4 is 0 Å². The van der Waals surface area contributed by atoms with Gasteiger partial charge in [0.1, 0.15) is 11.3 Å². The Bertz CT molecular complexity index is 655. The Hall–Kier alpha value is -1.23. The van der Waals surface area contributed by atoms with Crippen LogP contribution in [0.25, 0.3) is 11.0 Å². The maximum Gasteiger partial charge on any atom is 0.178 e. The molecular formula is C13H14F2N2S. The summed E-state index contributed by atoms with van der Waals surface area (Å²) in [6, 6.07) is 2.21. The fourth-order valence-electron chi connectivity index (χ4n) is 2.46. The quantitative estimate of drug-likeness (QED) is 0.834. The molecule has 0 bridgehead atoms. The second-order valence-corrected chi connectivity index (χ2v) is 5.52. The molecule has 2 aromatic rings. The Labute approximate surface area is 109 Å². The van der Waals surface area contributed by atoms with E-state index in [1.807, 2.05) is 0 Å².